The summed E-state index contributed by atoms with van der Waals surface area (Å²) in [4.78, 5) is 12.2. The van der Waals surface area contributed by atoms with Gasteiger partial charge >= 0.3 is 18.1 Å². The van der Waals surface area contributed by atoms with Gasteiger partial charge < -0.3 is 14.9 Å². The van der Waals surface area contributed by atoms with Gasteiger partial charge in [-0.1, -0.05) is 0 Å². The first-order valence-corrected chi connectivity index (χ1v) is 5.08. The molecule has 0 amide bonds. The molecule has 0 aliphatic rings. The van der Waals surface area contributed by atoms with E-state index in [1.54, 1.807) is 0 Å². The normalized spacial score (nSPS) is 11.7. The summed E-state index contributed by atoms with van der Waals surface area (Å²) >= 11 is 1.31. The Hall–Kier alpha value is -1.27. The molecule has 0 saturated carbocycles. The first kappa shape index (κ1) is 14.8. The van der Waals surface area contributed by atoms with Crippen LogP contribution in [0.1, 0.15) is 12.0 Å². The highest BCUT2D eigenvalue weighted by Crippen LogP contribution is 2.35. The van der Waals surface area contributed by atoms with Crippen molar-refractivity contribution >= 4 is 28.4 Å². The third-order valence-corrected chi connectivity index (χ3v) is 2.36. The Balaban J connectivity index is 3.35. The molecule has 0 N–H and O–H groups in total. The van der Waals surface area contributed by atoms with E-state index < -0.39 is 35.0 Å². The van der Waals surface area contributed by atoms with Crippen LogP contribution in [0.2, 0.25) is 0 Å². The van der Waals surface area contributed by atoms with Crippen LogP contribution in [-0.2, 0) is 0 Å². The second-order valence-corrected chi connectivity index (χ2v) is 3.96. The molecule has 1 aromatic heterocycles. The van der Waals surface area contributed by atoms with Crippen molar-refractivity contribution in [3.63, 3.8) is 0 Å². The highest BCUT2D eigenvalue weighted by Gasteiger charge is 2.38. The van der Waals surface area contributed by atoms with Gasteiger partial charge in [-0.2, -0.15) is 0 Å². The second-order valence-electron chi connectivity index (χ2n) is 2.79. The van der Waals surface area contributed by atoms with E-state index in [0.29, 0.717) is 6.07 Å². The summed E-state index contributed by atoms with van der Waals surface area (Å²) in [5, 5.41) is 10.4. The Morgan fingerprint density at radius 3 is 2.39 bits per heavy atom. The number of pyridine rings is 1. The third-order valence-electron chi connectivity index (χ3n) is 1.57. The van der Waals surface area contributed by atoms with Gasteiger partial charge in [-0.15, -0.1) is 13.2 Å². The van der Waals surface area contributed by atoms with E-state index in [9.17, 15) is 32.1 Å². The van der Waals surface area contributed by atoms with Gasteiger partial charge in [0, 0.05) is 4.98 Å². The van der Waals surface area contributed by atoms with Crippen LogP contribution >= 0.6 is 22.6 Å². The average Bonchev–Trinajstić information content (AvgIpc) is 2.17. The van der Waals surface area contributed by atoms with Crippen molar-refractivity contribution in [3.05, 3.63) is 25.3 Å². The fraction of sp³-hybridized carbons (Fsp3) is 0.286. The summed E-state index contributed by atoms with van der Waals surface area (Å²) in [7, 11) is 0. The predicted molar refractivity (Wildman–Crippen MR) is 55.2 cm³/mol. The summed E-state index contributed by atoms with van der Waals surface area (Å²) < 4.78 is 63.7. The molecule has 1 rings (SSSR count). The van der Waals surface area contributed by atoms with Crippen molar-refractivity contribution in [3.8, 4) is 5.88 Å². The summed E-state index contributed by atoms with van der Waals surface area (Å²) in [5.74, 6) is -2.51. The quantitative estimate of drug-likeness (QED) is 0.347. The van der Waals surface area contributed by atoms with Crippen molar-refractivity contribution in [2.75, 3.05) is 0 Å². The van der Waals surface area contributed by atoms with E-state index >= 15 is 0 Å². The zero-order valence-electron chi connectivity index (χ0n) is 8.04. The van der Waals surface area contributed by atoms with Gasteiger partial charge in [0.15, 0.2) is 0 Å². The number of nitro groups is 1. The fourth-order valence-electron chi connectivity index (χ4n) is 0.953. The monoisotopic (exact) mass is 384 g/mol. The topological polar surface area (TPSA) is 65.3 Å². The minimum atomic E-state index is -5.27. The summed E-state index contributed by atoms with van der Waals surface area (Å²) in [6, 6.07) is 0.525. The zero-order valence-corrected chi connectivity index (χ0v) is 10.2. The molecular formula is C7H2F5IN2O3. The molecule has 1 aromatic rings. The SMILES string of the molecule is O=[N+]([O-])c1nc(OC(F)(F)F)c(C(F)F)cc1I. The summed E-state index contributed by atoms with van der Waals surface area (Å²) in [6.45, 7) is 0. The molecule has 0 bridgehead atoms. The highest BCUT2D eigenvalue weighted by atomic mass is 127. The number of nitrogens with zero attached hydrogens (tertiary/aromatic N) is 2. The lowest BCUT2D eigenvalue weighted by Crippen LogP contribution is -2.19. The van der Waals surface area contributed by atoms with Gasteiger partial charge in [-0.25, -0.2) is 8.78 Å². The maximum Gasteiger partial charge on any atom is 0.575 e. The number of ether oxygens (including phenoxy) is 1. The van der Waals surface area contributed by atoms with Gasteiger partial charge in [-0.05, 0) is 33.6 Å². The summed E-state index contributed by atoms with van der Waals surface area (Å²) in [5.41, 5.74) is -1.16. The number of alkyl halides is 5. The molecule has 1 heterocycles. The van der Waals surface area contributed by atoms with Crippen molar-refractivity contribution in [2.24, 2.45) is 0 Å². The molecule has 0 radical (unpaired) electrons. The maximum atomic E-state index is 12.5. The van der Waals surface area contributed by atoms with Crippen LogP contribution < -0.4 is 4.74 Å². The minimum Gasteiger partial charge on any atom is -0.366 e. The Kier molecular flexibility index (Phi) is 4.24. The Labute approximate surface area is 109 Å². The van der Waals surface area contributed by atoms with Crippen LogP contribution in [-0.4, -0.2) is 16.3 Å². The first-order valence-electron chi connectivity index (χ1n) is 4.00. The van der Waals surface area contributed by atoms with Gasteiger partial charge in [-0.3, -0.25) is 0 Å². The molecule has 0 fully saturated rings. The average molecular weight is 384 g/mol. The van der Waals surface area contributed by atoms with E-state index in [4.69, 9.17) is 0 Å². The molecule has 0 aromatic carbocycles. The zero-order chi connectivity index (χ0) is 14.1. The molecule has 0 aliphatic carbocycles. The number of hydrogen-bond donors (Lipinski definition) is 0. The molecule has 0 unspecified atom stereocenters. The van der Waals surface area contributed by atoms with E-state index in [2.05, 4.69) is 9.72 Å². The number of hydrogen-bond acceptors (Lipinski definition) is 4. The molecule has 0 saturated heterocycles. The van der Waals surface area contributed by atoms with E-state index in [0.717, 1.165) is 0 Å². The fourth-order valence-corrected chi connectivity index (χ4v) is 1.61. The standard InChI is InChI=1S/C7H2F5IN2O3/c8-4(9)2-1-3(13)5(15(16)17)14-6(2)18-7(10,11)12/h1,4H. The van der Waals surface area contributed by atoms with Gasteiger partial charge in [0.1, 0.15) is 9.13 Å². The first-order chi connectivity index (χ1) is 8.11. The lowest BCUT2D eigenvalue weighted by Gasteiger charge is -2.09. The Morgan fingerprint density at radius 1 is 1.44 bits per heavy atom. The van der Waals surface area contributed by atoms with Gasteiger partial charge in [0.2, 0.25) is 0 Å². The van der Waals surface area contributed by atoms with Gasteiger partial charge in [0.05, 0.1) is 0 Å². The van der Waals surface area contributed by atoms with Crippen LogP contribution in [0.5, 0.6) is 5.88 Å². The lowest BCUT2D eigenvalue weighted by atomic mass is 10.3. The smallest absolute Gasteiger partial charge is 0.366 e. The molecule has 5 nitrogen and oxygen atoms in total. The lowest BCUT2D eigenvalue weighted by molar-refractivity contribution is -0.391. The number of aromatic nitrogens is 1. The second kappa shape index (κ2) is 5.16. The number of halogens is 6. The van der Waals surface area contributed by atoms with Crippen LogP contribution in [0.4, 0.5) is 27.8 Å². The van der Waals surface area contributed by atoms with E-state index in [1.165, 1.54) is 22.6 Å². The molecule has 100 valence electrons. The van der Waals surface area contributed by atoms with Crippen LogP contribution in [0.3, 0.4) is 0 Å². The van der Waals surface area contributed by atoms with Crippen LogP contribution in [0.25, 0.3) is 0 Å². The van der Waals surface area contributed by atoms with Crippen LogP contribution in [0, 0.1) is 13.7 Å². The van der Waals surface area contributed by atoms with E-state index in [-0.39, 0.29) is 3.57 Å². The van der Waals surface area contributed by atoms with Crippen LogP contribution in [0.15, 0.2) is 6.07 Å². The summed E-state index contributed by atoms with van der Waals surface area (Å²) in [6.07, 6.45) is -8.57. The molecule has 11 heteroatoms. The number of rotatable bonds is 3. The molecule has 18 heavy (non-hydrogen) atoms. The van der Waals surface area contributed by atoms with Gasteiger partial charge in [0.25, 0.3) is 6.43 Å². The predicted octanol–water partition coefficient (Wildman–Crippen LogP) is 3.43. The third kappa shape index (κ3) is 3.61. The van der Waals surface area contributed by atoms with E-state index in [1.807, 2.05) is 0 Å². The highest BCUT2D eigenvalue weighted by molar-refractivity contribution is 14.1. The largest absolute Gasteiger partial charge is 0.575 e. The van der Waals surface area contributed by atoms with Crippen molar-refractivity contribution < 1.29 is 31.6 Å². The van der Waals surface area contributed by atoms with Crippen molar-refractivity contribution in [1.29, 1.82) is 0 Å². The van der Waals surface area contributed by atoms with Crippen molar-refractivity contribution in [2.45, 2.75) is 12.8 Å². The maximum absolute atomic E-state index is 12.5. The minimum absolute atomic E-state index is 0.317. The molecule has 0 aliphatic heterocycles. The van der Waals surface area contributed by atoms with Crippen molar-refractivity contribution in [1.82, 2.24) is 4.98 Å². The molecule has 0 atom stereocenters. The Morgan fingerprint density at radius 2 is 2.00 bits per heavy atom. The molecule has 0 spiro atoms. The molecular weight excluding hydrogens is 382 g/mol. The Bertz CT molecular complexity index is 479.